The van der Waals surface area contributed by atoms with Gasteiger partial charge in [-0.05, 0) is 12.1 Å². The number of nitrogens with zero attached hydrogens (tertiary/aromatic N) is 2. The standard InChI is InChI=1S/C9H8N2O2/c12-11(13)8-5-7-3-1-2-4-9(7)10-6-8/h1-6,12-13H. The van der Waals surface area contributed by atoms with Crippen LogP contribution in [0.1, 0.15) is 0 Å². The van der Waals surface area contributed by atoms with Crippen molar-refractivity contribution in [2.45, 2.75) is 0 Å². The molecular weight excluding hydrogens is 168 g/mol. The lowest BCUT2D eigenvalue weighted by atomic mass is 10.2. The summed E-state index contributed by atoms with van der Waals surface area (Å²) in [4.78, 5) is 4.04. The third kappa shape index (κ3) is 1.44. The minimum atomic E-state index is 0.0550. The first-order valence-electron chi connectivity index (χ1n) is 3.80. The Labute approximate surface area is 74.6 Å². The van der Waals surface area contributed by atoms with E-state index in [2.05, 4.69) is 4.98 Å². The zero-order valence-electron chi connectivity index (χ0n) is 6.75. The van der Waals surface area contributed by atoms with Crippen LogP contribution in [0.3, 0.4) is 0 Å². The Bertz CT molecular complexity index is 429. The molecule has 1 aromatic carbocycles. The quantitative estimate of drug-likeness (QED) is 0.651. The Morgan fingerprint density at radius 2 is 1.92 bits per heavy atom. The molecule has 1 aromatic heterocycles. The van der Waals surface area contributed by atoms with Gasteiger partial charge in [0.1, 0.15) is 5.69 Å². The van der Waals surface area contributed by atoms with Gasteiger partial charge in [0.15, 0.2) is 0 Å². The molecule has 4 heteroatoms. The molecule has 0 spiro atoms. The molecule has 0 radical (unpaired) electrons. The second-order valence-corrected chi connectivity index (χ2v) is 2.68. The van der Waals surface area contributed by atoms with Gasteiger partial charge in [-0.25, -0.2) is 0 Å². The van der Waals surface area contributed by atoms with E-state index >= 15 is 0 Å². The highest BCUT2D eigenvalue weighted by Crippen LogP contribution is 2.17. The van der Waals surface area contributed by atoms with Crippen molar-refractivity contribution in [1.82, 2.24) is 4.98 Å². The van der Waals surface area contributed by atoms with Crippen LogP contribution in [0.5, 0.6) is 0 Å². The minimum absolute atomic E-state index is 0.0550. The van der Waals surface area contributed by atoms with Gasteiger partial charge in [0.2, 0.25) is 0 Å². The van der Waals surface area contributed by atoms with Crippen molar-refractivity contribution in [2.24, 2.45) is 0 Å². The van der Waals surface area contributed by atoms with E-state index in [9.17, 15) is 0 Å². The van der Waals surface area contributed by atoms with E-state index in [1.807, 2.05) is 24.3 Å². The van der Waals surface area contributed by atoms with Crippen molar-refractivity contribution < 1.29 is 10.4 Å². The molecule has 0 aliphatic heterocycles. The molecule has 0 fully saturated rings. The summed E-state index contributed by atoms with van der Waals surface area (Å²) >= 11 is 0. The normalized spacial score (nSPS) is 10.3. The van der Waals surface area contributed by atoms with Crippen molar-refractivity contribution in [3.8, 4) is 0 Å². The van der Waals surface area contributed by atoms with Crippen LogP contribution in [0, 0.1) is 0 Å². The molecule has 0 unspecified atom stereocenters. The fourth-order valence-corrected chi connectivity index (χ4v) is 1.17. The van der Waals surface area contributed by atoms with Crippen molar-refractivity contribution in [3.63, 3.8) is 0 Å². The van der Waals surface area contributed by atoms with E-state index in [-0.39, 0.29) is 10.9 Å². The van der Waals surface area contributed by atoms with E-state index in [0.29, 0.717) is 0 Å². The van der Waals surface area contributed by atoms with E-state index in [1.54, 1.807) is 6.07 Å². The van der Waals surface area contributed by atoms with Gasteiger partial charge in [0, 0.05) is 5.39 Å². The predicted molar refractivity (Wildman–Crippen MR) is 47.8 cm³/mol. The fourth-order valence-electron chi connectivity index (χ4n) is 1.17. The molecule has 2 rings (SSSR count). The zero-order valence-corrected chi connectivity index (χ0v) is 6.75. The summed E-state index contributed by atoms with van der Waals surface area (Å²) in [6, 6.07) is 9.10. The van der Waals surface area contributed by atoms with Crippen molar-refractivity contribution in [3.05, 3.63) is 36.5 Å². The number of hydrogen-bond acceptors (Lipinski definition) is 4. The molecule has 0 amide bonds. The molecule has 0 atom stereocenters. The van der Waals surface area contributed by atoms with Crippen LogP contribution in [0.15, 0.2) is 36.5 Å². The number of benzene rings is 1. The number of pyridine rings is 1. The maximum atomic E-state index is 8.73. The third-order valence-corrected chi connectivity index (χ3v) is 1.81. The maximum absolute atomic E-state index is 8.73. The Balaban J connectivity index is 2.62. The number of para-hydroxylation sites is 1. The lowest BCUT2D eigenvalue weighted by Gasteiger charge is -2.07. The largest absolute Gasteiger partial charge is 0.264 e. The van der Waals surface area contributed by atoms with Gasteiger partial charge in [-0.3, -0.25) is 15.4 Å². The highest BCUT2D eigenvalue weighted by atomic mass is 16.8. The summed E-state index contributed by atoms with van der Waals surface area (Å²) in [5, 5.41) is 18.4. The summed E-state index contributed by atoms with van der Waals surface area (Å²) in [5.74, 6) is 0. The molecule has 13 heavy (non-hydrogen) atoms. The molecular formula is C9H8N2O2. The van der Waals surface area contributed by atoms with Gasteiger partial charge >= 0.3 is 0 Å². The van der Waals surface area contributed by atoms with Gasteiger partial charge < -0.3 is 0 Å². The molecule has 2 N–H and O–H groups in total. The van der Waals surface area contributed by atoms with Crippen LogP contribution in [0.2, 0.25) is 0 Å². The van der Waals surface area contributed by atoms with Gasteiger partial charge in [-0.1, -0.05) is 18.2 Å². The zero-order chi connectivity index (χ0) is 9.26. The summed E-state index contributed by atoms with van der Waals surface area (Å²) in [6.07, 6.45) is 1.39. The summed E-state index contributed by atoms with van der Waals surface area (Å²) in [7, 11) is 0. The molecule has 0 saturated carbocycles. The van der Waals surface area contributed by atoms with Crippen LogP contribution in [-0.2, 0) is 0 Å². The second kappa shape index (κ2) is 3.01. The van der Waals surface area contributed by atoms with Crippen LogP contribution in [-0.4, -0.2) is 15.4 Å². The van der Waals surface area contributed by atoms with Crippen LogP contribution >= 0.6 is 0 Å². The van der Waals surface area contributed by atoms with Gasteiger partial charge in [-0.2, -0.15) is 0 Å². The van der Waals surface area contributed by atoms with Gasteiger partial charge in [0.05, 0.1) is 11.7 Å². The third-order valence-electron chi connectivity index (χ3n) is 1.81. The average molecular weight is 176 g/mol. The number of aromatic nitrogens is 1. The Kier molecular flexibility index (Phi) is 1.84. The second-order valence-electron chi connectivity index (χ2n) is 2.68. The first kappa shape index (κ1) is 7.97. The van der Waals surface area contributed by atoms with Gasteiger partial charge in [-0.15, -0.1) is 5.23 Å². The van der Waals surface area contributed by atoms with E-state index in [4.69, 9.17) is 10.4 Å². The number of rotatable bonds is 1. The summed E-state index contributed by atoms with van der Waals surface area (Å²) in [6.45, 7) is 0. The number of hydrogen-bond donors (Lipinski definition) is 2. The molecule has 0 saturated heterocycles. The predicted octanol–water partition coefficient (Wildman–Crippen LogP) is 1.82. The monoisotopic (exact) mass is 176 g/mol. The minimum Gasteiger partial charge on any atom is -0.264 e. The molecule has 2 aromatic rings. The van der Waals surface area contributed by atoms with Crippen molar-refractivity contribution >= 4 is 16.6 Å². The van der Waals surface area contributed by atoms with Crippen molar-refractivity contribution in [2.75, 3.05) is 5.23 Å². The Morgan fingerprint density at radius 3 is 2.69 bits per heavy atom. The molecule has 0 aliphatic carbocycles. The number of anilines is 1. The first-order valence-corrected chi connectivity index (χ1v) is 3.80. The number of fused-ring (bicyclic) bond motifs is 1. The molecule has 66 valence electrons. The highest BCUT2D eigenvalue weighted by molar-refractivity contribution is 5.81. The average Bonchev–Trinajstić information content (AvgIpc) is 2.17. The smallest absolute Gasteiger partial charge is 0.113 e. The van der Waals surface area contributed by atoms with Crippen molar-refractivity contribution in [1.29, 1.82) is 0 Å². The van der Waals surface area contributed by atoms with E-state index in [1.165, 1.54) is 6.20 Å². The van der Waals surface area contributed by atoms with E-state index < -0.39 is 0 Å². The fraction of sp³-hybridized carbons (Fsp3) is 0. The highest BCUT2D eigenvalue weighted by Gasteiger charge is 2.00. The van der Waals surface area contributed by atoms with Crippen LogP contribution in [0.25, 0.3) is 10.9 Å². The van der Waals surface area contributed by atoms with E-state index in [0.717, 1.165) is 10.9 Å². The van der Waals surface area contributed by atoms with Crippen LogP contribution < -0.4 is 5.23 Å². The Morgan fingerprint density at radius 1 is 1.15 bits per heavy atom. The lowest BCUT2D eigenvalue weighted by Crippen LogP contribution is -2.10. The molecule has 0 aliphatic rings. The first-order chi connectivity index (χ1) is 6.27. The SMILES string of the molecule is ON(O)c1cnc2ccccc2c1. The summed E-state index contributed by atoms with van der Waals surface area (Å²) in [5.41, 5.74) is 1.08. The Hall–Kier alpha value is -1.65. The molecule has 1 heterocycles. The summed E-state index contributed by atoms with van der Waals surface area (Å²) < 4.78 is 0. The topological polar surface area (TPSA) is 56.6 Å². The van der Waals surface area contributed by atoms with Crippen LogP contribution in [0.4, 0.5) is 5.69 Å². The van der Waals surface area contributed by atoms with Gasteiger partial charge in [0.25, 0.3) is 0 Å². The maximum Gasteiger partial charge on any atom is 0.113 e. The molecule has 0 bridgehead atoms. The molecule has 4 nitrogen and oxygen atoms in total. The lowest BCUT2D eigenvalue weighted by molar-refractivity contribution is 0.0291.